The standard InChI is InChI=1S/C7H5NS.CH3F/c9-6-8-7-4-2-1-3-5-7;1-2/h1-5H;1H3. The lowest BCUT2D eigenvalue weighted by Crippen LogP contribution is -1.58. The summed E-state index contributed by atoms with van der Waals surface area (Å²) in [5, 5.41) is 2.29. The van der Waals surface area contributed by atoms with E-state index in [-0.39, 0.29) is 0 Å². The second kappa shape index (κ2) is 7.06. The number of para-hydroxylation sites is 1. The van der Waals surface area contributed by atoms with Gasteiger partial charge in [-0.3, -0.25) is 4.39 Å². The van der Waals surface area contributed by atoms with Crippen molar-refractivity contribution in [1.82, 2.24) is 0 Å². The molecule has 11 heavy (non-hydrogen) atoms. The first-order valence-electron chi connectivity index (χ1n) is 2.94. The van der Waals surface area contributed by atoms with Crippen LogP contribution >= 0.6 is 12.2 Å². The number of hydrogen-bond acceptors (Lipinski definition) is 2. The Morgan fingerprint density at radius 1 is 1.27 bits per heavy atom. The molecular formula is C8H8FNS. The first kappa shape index (κ1) is 9.95. The fraction of sp³-hybridized carbons (Fsp3) is 0.125. The lowest BCUT2D eigenvalue weighted by molar-refractivity contribution is 0.636. The molecule has 1 aromatic rings. The molecule has 0 heterocycles. The molecule has 0 bridgehead atoms. The zero-order chi connectivity index (χ0) is 8.53. The Morgan fingerprint density at radius 3 is 2.27 bits per heavy atom. The van der Waals surface area contributed by atoms with Gasteiger partial charge in [0.2, 0.25) is 0 Å². The molecule has 0 aliphatic carbocycles. The Hall–Kier alpha value is -1.05. The molecule has 0 saturated carbocycles. The van der Waals surface area contributed by atoms with Crippen molar-refractivity contribution in [1.29, 1.82) is 0 Å². The van der Waals surface area contributed by atoms with E-state index >= 15 is 0 Å². The Kier molecular flexibility index (Phi) is 6.39. The first-order valence-corrected chi connectivity index (χ1v) is 3.35. The van der Waals surface area contributed by atoms with Gasteiger partial charge in [0.25, 0.3) is 0 Å². The van der Waals surface area contributed by atoms with Gasteiger partial charge in [0.15, 0.2) is 0 Å². The highest BCUT2D eigenvalue weighted by molar-refractivity contribution is 7.78. The predicted octanol–water partition coefficient (Wildman–Crippen LogP) is 3.01. The monoisotopic (exact) mass is 169 g/mol. The number of alkyl halides is 1. The van der Waals surface area contributed by atoms with Crippen LogP contribution in [0.3, 0.4) is 0 Å². The van der Waals surface area contributed by atoms with Gasteiger partial charge < -0.3 is 0 Å². The molecule has 1 rings (SSSR count). The minimum absolute atomic E-state index is 0.500. The first-order chi connectivity index (χ1) is 5.43. The van der Waals surface area contributed by atoms with E-state index in [4.69, 9.17) is 0 Å². The van der Waals surface area contributed by atoms with Crippen LogP contribution in [0.1, 0.15) is 0 Å². The molecule has 0 aromatic heterocycles. The summed E-state index contributed by atoms with van der Waals surface area (Å²) in [5.41, 5.74) is 0.854. The SMILES string of the molecule is CF.S=C=Nc1ccccc1. The highest BCUT2D eigenvalue weighted by atomic mass is 32.1. The van der Waals surface area contributed by atoms with Crippen molar-refractivity contribution in [3.05, 3.63) is 30.3 Å². The third kappa shape index (κ3) is 4.37. The smallest absolute Gasteiger partial charge is 0.0785 e. The van der Waals surface area contributed by atoms with Crippen LogP contribution in [0.25, 0.3) is 0 Å². The van der Waals surface area contributed by atoms with E-state index in [0.717, 1.165) is 5.69 Å². The second-order valence-corrected chi connectivity index (χ2v) is 1.72. The molecule has 0 aliphatic rings. The van der Waals surface area contributed by atoms with E-state index in [1.165, 1.54) is 0 Å². The van der Waals surface area contributed by atoms with Crippen molar-refractivity contribution < 1.29 is 4.39 Å². The molecular weight excluding hydrogens is 161 g/mol. The number of aliphatic imine (C=N–C) groups is 1. The predicted molar refractivity (Wildman–Crippen MR) is 48.2 cm³/mol. The number of hydrogen-bond donors (Lipinski definition) is 0. The van der Waals surface area contributed by atoms with E-state index in [1.807, 2.05) is 30.3 Å². The van der Waals surface area contributed by atoms with Crippen LogP contribution in [0, 0.1) is 0 Å². The molecule has 3 heteroatoms. The van der Waals surface area contributed by atoms with Gasteiger partial charge in [-0.05, 0) is 24.4 Å². The Balaban J connectivity index is 0.000000461. The van der Waals surface area contributed by atoms with Gasteiger partial charge in [-0.25, -0.2) is 0 Å². The Bertz CT molecular complexity index is 229. The largest absolute Gasteiger partial charge is 0.255 e. The molecule has 0 unspecified atom stereocenters. The number of nitrogens with zero attached hydrogens (tertiary/aromatic N) is 1. The van der Waals surface area contributed by atoms with Gasteiger partial charge >= 0.3 is 0 Å². The molecule has 0 amide bonds. The number of rotatable bonds is 1. The summed E-state index contributed by atoms with van der Waals surface area (Å²) in [6.45, 7) is 0. The quantitative estimate of drug-likeness (QED) is 0.465. The van der Waals surface area contributed by atoms with E-state index < -0.39 is 0 Å². The van der Waals surface area contributed by atoms with E-state index in [1.54, 1.807) is 0 Å². The number of isothiocyanates is 1. The lowest BCUT2D eigenvalue weighted by Gasteiger charge is -1.83. The van der Waals surface area contributed by atoms with Crippen molar-refractivity contribution in [2.45, 2.75) is 0 Å². The van der Waals surface area contributed by atoms with Gasteiger partial charge in [-0.2, -0.15) is 4.99 Å². The minimum atomic E-state index is 0.500. The molecule has 58 valence electrons. The molecule has 0 saturated heterocycles. The normalized spacial score (nSPS) is 7.09. The zero-order valence-corrected chi connectivity index (χ0v) is 6.94. The highest BCUT2D eigenvalue weighted by Crippen LogP contribution is 2.07. The summed E-state index contributed by atoms with van der Waals surface area (Å²) in [7, 11) is 0.500. The summed E-state index contributed by atoms with van der Waals surface area (Å²) in [6, 6.07) is 9.50. The van der Waals surface area contributed by atoms with Crippen molar-refractivity contribution in [3.8, 4) is 0 Å². The second-order valence-electron chi connectivity index (χ2n) is 1.54. The molecule has 0 spiro atoms. The van der Waals surface area contributed by atoms with Crippen LogP contribution in [0.15, 0.2) is 35.3 Å². The van der Waals surface area contributed by atoms with Gasteiger partial charge in [0, 0.05) is 0 Å². The number of benzene rings is 1. The Morgan fingerprint density at radius 2 is 1.82 bits per heavy atom. The fourth-order valence-corrected chi connectivity index (χ4v) is 0.661. The van der Waals surface area contributed by atoms with Crippen LogP contribution in [0.4, 0.5) is 10.1 Å². The van der Waals surface area contributed by atoms with Gasteiger partial charge in [-0.1, -0.05) is 18.2 Å². The molecule has 0 fully saturated rings. The molecule has 0 N–H and O–H groups in total. The molecule has 1 nitrogen and oxygen atoms in total. The third-order valence-electron chi connectivity index (χ3n) is 0.931. The van der Waals surface area contributed by atoms with Gasteiger partial charge in [-0.15, -0.1) is 0 Å². The van der Waals surface area contributed by atoms with E-state index in [2.05, 4.69) is 22.4 Å². The zero-order valence-electron chi connectivity index (χ0n) is 6.12. The van der Waals surface area contributed by atoms with E-state index in [9.17, 15) is 4.39 Å². The van der Waals surface area contributed by atoms with Crippen LogP contribution in [-0.4, -0.2) is 12.3 Å². The fourth-order valence-electron chi connectivity index (χ4n) is 0.555. The van der Waals surface area contributed by atoms with Crippen molar-refractivity contribution in [2.75, 3.05) is 7.18 Å². The number of thiocarbonyl (C=S) groups is 1. The van der Waals surface area contributed by atoms with Crippen molar-refractivity contribution in [2.24, 2.45) is 4.99 Å². The van der Waals surface area contributed by atoms with Crippen LogP contribution in [0.2, 0.25) is 0 Å². The third-order valence-corrected chi connectivity index (χ3v) is 1.02. The van der Waals surface area contributed by atoms with E-state index in [0.29, 0.717) is 7.18 Å². The van der Waals surface area contributed by atoms with Gasteiger partial charge in [0.1, 0.15) is 0 Å². The molecule has 1 aromatic carbocycles. The molecule has 0 atom stereocenters. The lowest BCUT2D eigenvalue weighted by atomic mass is 10.3. The molecule has 0 radical (unpaired) electrons. The van der Waals surface area contributed by atoms with Crippen LogP contribution in [0.5, 0.6) is 0 Å². The maximum Gasteiger partial charge on any atom is 0.0785 e. The van der Waals surface area contributed by atoms with Crippen LogP contribution in [-0.2, 0) is 0 Å². The summed E-state index contributed by atoms with van der Waals surface area (Å²) < 4.78 is 9.50. The van der Waals surface area contributed by atoms with Gasteiger partial charge in [0.05, 0.1) is 18.0 Å². The highest BCUT2D eigenvalue weighted by Gasteiger charge is 1.79. The summed E-state index contributed by atoms with van der Waals surface area (Å²) in [5.74, 6) is 0. The Labute approximate surface area is 70.6 Å². The summed E-state index contributed by atoms with van der Waals surface area (Å²) >= 11 is 4.42. The summed E-state index contributed by atoms with van der Waals surface area (Å²) in [6.07, 6.45) is 0. The van der Waals surface area contributed by atoms with Crippen molar-refractivity contribution in [3.63, 3.8) is 0 Å². The maximum absolute atomic E-state index is 9.50. The average molecular weight is 169 g/mol. The average Bonchev–Trinajstić information content (AvgIpc) is 2.11. The van der Waals surface area contributed by atoms with Crippen molar-refractivity contribution >= 4 is 23.1 Å². The molecule has 0 aliphatic heterocycles. The van der Waals surface area contributed by atoms with Crippen LogP contribution < -0.4 is 0 Å². The summed E-state index contributed by atoms with van der Waals surface area (Å²) in [4.78, 5) is 3.77. The number of halogens is 1. The minimum Gasteiger partial charge on any atom is -0.255 e. The maximum atomic E-state index is 9.50. The topological polar surface area (TPSA) is 12.4 Å².